The van der Waals surface area contributed by atoms with Crippen molar-refractivity contribution >= 4 is 48.0 Å². The molecule has 3 aliphatic rings. The van der Waals surface area contributed by atoms with E-state index in [1.54, 1.807) is 12.1 Å². The standard InChI is InChI=1S/C20H26F3N5O2.2ClH/c21-14-11-13(25-15-2-4-18(29)26-19(15)30)1-3-16(14)27-7-9-28(10-8-27)17-5-6-24-12-20(17,22)23;;/h1,3,11,15,17,24-25H,2,4-10,12H2,(H,26,29,30);2*1H/t15-,17-;;/m0../s1. The van der Waals surface area contributed by atoms with Crippen LogP contribution in [0.3, 0.4) is 0 Å². The van der Waals surface area contributed by atoms with Crippen molar-refractivity contribution < 1.29 is 22.8 Å². The first-order valence-electron chi connectivity index (χ1n) is 10.3. The largest absolute Gasteiger partial charge is 0.374 e. The van der Waals surface area contributed by atoms with Crippen LogP contribution in [0.15, 0.2) is 18.2 Å². The highest BCUT2D eigenvalue weighted by Crippen LogP contribution is 2.30. The molecule has 7 nitrogen and oxygen atoms in total. The van der Waals surface area contributed by atoms with E-state index in [4.69, 9.17) is 0 Å². The first-order valence-corrected chi connectivity index (χ1v) is 10.3. The van der Waals surface area contributed by atoms with E-state index >= 15 is 0 Å². The summed E-state index contributed by atoms with van der Waals surface area (Å²) in [4.78, 5) is 26.8. The number of amides is 2. The van der Waals surface area contributed by atoms with Gasteiger partial charge >= 0.3 is 0 Å². The summed E-state index contributed by atoms with van der Waals surface area (Å²) in [6.07, 6.45) is 1.00. The number of piperazine rings is 1. The Balaban J connectivity index is 0.00000181. The molecule has 0 bridgehead atoms. The van der Waals surface area contributed by atoms with E-state index in [2.05, 4.69) is 16.0 Å². The van der Waals surface area contributed by atoms with Crippen LogP contribution in [-0.4, -0.2) is 74.0 Å². The van der Waals surface area contributed by atoms with Crippen molar-refractivity contribution in [2.24, 2.45) is 0 Å². The lowest BCUT2D eigenvalue weighted by molar-refractivity contribution is -0.133. The third kappa shape index (κ3) is 5.78. The van der Waals surface area contributed by atoms with Gasteiger partial charge in [0.05, 0.1) is 18.3 Å². The number of hydrogen-bond acceptors (Lipinski definition) is 6. The first-order chi connectivity index (χ1) is 14.3. The molecule has 3 saturated heterocycles. The summed E-state index contributed by atoms with van der Waals surface area (Å²) in [5.41, 5.74) is 0.874. The van der Waals surface area contributed by atoms with Gasteiger partial charge in [-0.1, -0.05) is 0 Å². The Morgan fingerprint density at radius 1 is 1.06 bits per heavy atom. The van der Waals surface area contributed by atoms with E-state index in [-0.39, 0.29) is 43.7 Å². The molecule has 1 aromatic carbocycles. The molecule has 0 aliphatic carbocycles. The molecule has 32 heavy (non-hydrogen) atoms. The van der Waals surface area contributed by atoms with Crippen molar-refractivity contribution in [3.8, 4) is 0 Å². The van der Waals surface area contributed by atoms with Crippen LogP contribution >= 0.6 is 24.8 Å². The lowest BCUT2D eigenvalue weighted by Crippen LogP contribution is -2.61. The van der Waals surface area contributed by atoms with Crippen LogP contribution in [0, 0.1) is 5.82 Å². The molecule has 12 heteroatoms. The molecule has 0 spiro atoms. The number of imide groups is 1. The highest BCUT2D eigenvalue weighted by atomic mass is 35.5. The number of carbonyl (C=O) groups is 2. The summed E-state index contributed by atoms with van der Waals surface area (Å²) in [5.74, 6) is -3.91. The number of halogens is 5. The Bertz CT molecular complexity index is 824. The molecule has 2 amide bonds. The van der Waals surface area contributed by atoms with Crippen LogP contribution in [0.2, 0.25) is 0 Å². The fourth-order valence-electron chi connectivity index (χ4n) is 4.43. The molecule has 3 fully saturated rings. The highest BCUT2D eigenvalue weighted by molar-refractivity contribution is 6.01. The molecule has 0 radical (unpaired) electrons. The quantitative estimate of drug-likeness (QED) is 0.552. The van der Waals surface area contributed by atoms with Crippen LogP contribution in [0.1, 0.15) is 19.3 Å². The maximum Gasteiger partial charge on any atom is 0.275 e. The summed E-state index contributed by atoms with van der Waals surface area (Å²) in [6.45, 7) is 2.13. The third-order valence-corrected chi connectivity index (χ3v) is 6.07. The van der Waals surface area contributed by atoms with E-state index in [9.17, 15) is 22.8 Å². The smallest absolute Gasteiger partial charge is 0.275 e. The van der Waals surface area contributed by atoms with Gasteiger partial charge in [-0.2, -0.15) is 0 Å². The number of carbonyl (C=O) groups excluding carboxylic acids is 2. The van der Waals surface area contributed by atoms with Crippen molar-refractivity contribution in [1.29, 1.82) is 0 Å². The minimum Gasteiger partial charge on any atom is -0.374 e. The van der Waals surface area contributed by atoms with Gasteiger partial charge in [0.1, 0.15) is 11.9 Å². The average Bonchev–Trinajstić information content (AvgIpc) is 2.70. The van der Waals surface area contributed by atoms with E-state index in [0.29, 0.717) is 56.9 Å². The molecule has 3 heterocycles. The molecule has 3 aliphatic heterocycles. The Morgan fingerprint density at radius 2 is 1.78 bits per heavy atom. The van der Waals surface area contributed by atoms with Gasteiger partial charge < -0.3 is 15.5 Å². The predicted octanol–water partition coefficient (Wildman–Crippen LogP) is 2.01. The Hall–Kier alpha value is -1.75. The normalized spacial score (nSPS) is 25.9. The summed E-state index contributed by atoms with van der Waals surface area (Å²) in [6, 6.07) is 3.30. The van der Waals surface area contributed by atoms with E-state index in [1.807, 2.05) is 9.80 Å². The van der Waals surface area contributed by atoms with Gasteiger partial charge in [-0.05, 0) is 37.6 Å². The molecule has 2 atom stereocenters. The SMILES string of the molecule is Cl.Cl.O=C1CC[C@H](Nc2ccc(N3CCN([C@H]4CCNCC4(F)F)CC3)c(F)c2)C(=O)N1. The molecular formula is C20H28Cl2F3N5O2. The van der Waals surface area contributed by atoms with E-state index in [0.717, 1.165) is 0 Å². The Kier molecular flexibility index (Phi) is 9.04. The lowest BCUT2D eigenvalue weighted by Gasteiger charge is -2.44. The van der Waals surface area contributed by atoms with Gasteiger partial charge in [0.15, 0.2) is 0 Å². The van der Waals surface area contributed by atoms with Gasteiger partial charge in [-0.15, -0.1) is 24.8 Å². The zero-order valence-corrected chi connectivity index (χ0v) is 19.0. The Labute approximate surface area is 197 Å². The van der Waals surface area contributed by atoms with Crippen LogP contribution in [0.4, 0.5) is 24.5 Å². The number of piperidine rings is 2. The minimum atomic E-state index is -2.75. The van der Waals surface area contributed by atoms with Gasteiger partial charge in [-0.25, -0.2) is 13.2 Å². The van der Waals surface area contributed by atoms with Crippen LogP contribution < -0.4 is 20.9 Å². The van der Waals surface area contributed by atoms with Crippen LogP contribution in [0.5, 0.6) is 0 Å². The van der Waals surface area contributed by atoms with Gasteiger partial charge in [0.2, 0.25) is 11.8 Å². The van der Waals surface area contributed by atoms with Crippen molar-refractivity contribution in [2.45, 2.75) is 37.3 Å². The monoisotopic (exact) mass is 497 g/mol. The predicted molar refractivity (Wildman–Crippen MR) is 121 cm³/mol. The molecule has 1 aromatic rings. The summed E-state index contributed by atoms with van der Waals surface area (Å²) in [5, 5.41) is 7.96. The van der Waals surface area contributed by atoms with Gasteiger partial charge in [-0.3, -0.25) is 19.8 Å². The van der Waals surface area contributed by atoms with Gasteiger partial charge in [0, 0.05) is 38.3 Å². The fraction of sp³-hybridized carbons (Fsp3) is 0.600. The van der Waals surface area contributed by atoms with E-state index in [1.165, 1.54) is 6.07 Å². The van der Waals surface area contributed by atoms with Crippen molar-refractivity contribution in [1.82, 2.24) is 15.5 Å². The maximum absolute atomic E-state index is 14.7. The summed E-state index contributed by atoms with van der Waals surface area (Å²) >= 11 is 0. The lowest BCUT2D eigenvalue weighted by atomic mass is 9.99. The number of alkyl halides is 2. The fourth-order valence-corrected chi connectivity index (χ4v) is 4.43. The molecule has 0 unspecified atom stereocenters. The number of rotatable bonds is 4. The Morgan fingerprint density at radius 3 is 2.41 bits per heavy atom. The zero-order chi connectivity index (χ0) is 21.3. The average molecular weight is 498 g/mol. The molecule has 180 valence electrons. The van der Waals surface area contributed by atoms with Crippen LogP contribution in [-0.2, 0) is 9.59 Å². The van der Waals surface area contributed by atoms with Crippen molar-refractivity contribution in [2.75, 3.05) is 49.5 Å². The van der Waals surface area contributed by atoms with Crippen molar-refractivity contribution in [3.05, 3.63) is 24.0 Å². The molecule has 0 aromatic heterocycles. The first kappa shape index (κ1) is 26.5. The highest BCUT2D eigenvalue weighted by Gasteiger charge is 2.45. The van der Waals surface area contributed by atoms with E-state index < -0.39 is 29.7 Å². The topological polar surface area (TPSA) is 76.7 Å². The summed E-state index contributed by atoms with van der Waals surface area (Å²) < 4.78 is 43.1. The number of nitrogens with one attached hydrogen (secondary N) is 3. The zero-order valence-electron chi connectivity index (χ0n) is 17.4. The number of benzene rings is 1. The van der Waals surface area contributed by atoms with Crippen LogP contribution in [0.25, 0.3) is 0 Å². The maximum atomic E-state index is 14.7. The molecular weight excluding hydrogens is 470 g/mol. The number of nitrogens with zero attached hydrogens (tertiary/aromatic N) is 2. The van der Waals surface area contributed by atoms with Crippen molar-refractivity contribution in [3.63, 3.8) is 0 Å². The molecule has 4 rings (SSSR count). The number of hydrogen-bond donors (Lipinski definition) is 3. The summed E-state index contributed by atoms with van der Waals surface area (Å²) in [7, 11) is 0. The molecule has 3 N–H and O–H groups in total. The van der Waals surface area contributed by atoms with Gasteiger partial charge in [0.25, 0.3) is 5.92 Å². The second kappa shape index (κ2) is 10.9. The second-order valence-electron chi connectivity index (χ2n) is 8.08. The molecule has 0 saturated carbocycles. The number of anilines is 2. The minimum absolute atomic E-state index is 0. The second-order valence-corrected chi connectivity index (χ2v) is 8.08. The third-order valence-electron chi connectivity index (χ3n) is 6.07.